The van der Waals surface area contributed by atoms with E-state index in [2.05, 4.69) is 9.97 Å². The fraction of sp³-hybridized carbons (Fsp3) is 0.136. The molecule has 0 aliphatic carbocycles. The van der Waals surface area contributed by atoms with Crippen molar-refractivity contribution in [3.63, 3.8) is 0 Å². The smallest absolute Gasteiger partial charge is 0.230 e. The fourth-order valence-electron chi connectivity index (χ4n) is 3.05. The molecule has 2 heterocycles. The molecule has 2 aromatic heterocycles. The highest BCUT2D eigenvalue weighted by Gasteiger charge is 2.24. The first kappa shape index (κ1) is 22.0. The monoisotopic (exact) mass is 473 g/mol. The maximum absolute atomic E-state index is 14.1. The average Bonchev–Trinajstić information content (AvgIpc) is 3.22. The van der Waals surface area contributed by atoms with Gasteiger partial charge in [0.05, 0.1) is 27.6 Å². The van der Waals surface area contributed by atoms with Crippen LogP contribution in [0.4, 0.5) is 13.9 Å². The molecule has 0 bridgehead atoms. The van der Waals surface area contributed by atoms with Crippen LogP contribution < -0.4 is 4.90 Å². The SMILES string of the molecule is O=C(CCS(=O)(=O)c1ccc(F)cc1)N(Cc1ccccn1)c1nc2c(F)cccc2s1. The summed E-state index contributed by atoms with van der Waals surface area (Å²) in [5.74, 6) is -2.02. The predicted octanol–water partition coefficient (Wildman–Crippen LogP) is 4.37. The zero-order valence-electron chi connectivity index (χ0n) is 16.6. The zero-order valence-corrected chi connectivity index (χ0v) is 18.2. The van der Waals surface area contributed by atoms with Gasteiger partial charge in [0.25, 0.3) is 0 Å². The number of aromatic nitrogens is 2. The van der Waals surface area contributed by atoms with Gasteiger partial charge in [-0.2, -0.15) is 0 Å². The summed E-state index contributed by atoms with van der Waals surface area (Å²) in [5.41, 5.74) is 0.715. The maximum Gasteiger partial charge on any atom is 0.230 e. The standard InChI is InChI=1S/C22H17F2N3O3S2/c23-15-7-9-17(10-8-15)32(29,30)13-11-20(28)27(14-16-4-1-2-12-25-16)22-26-21-18(24)5-3-6-19(21)31-22/h1-10,12H,11,13-14H2. The topological polar surface area (TPSA) is 80.2 Å². The Labute approximate surface area is 187 Å². The third-order valence-electron chi connectivity index (χ3n) is 4.69. The van der Waals surface area contributed by atoms with Gasteiger partial charge in [0.2, 0.25) is 5.91 Å². The molecule has 10 heteroatoms. The number of halogens is 2. The molecule has 0 radical (unpaired) electrons. The minimum atomic E-state index is -3.80. The number of nitrogens with zero attached hydrogens (tertiary/aromatic N) is 3. The number of hydrogen-bond donors (Lipinski definition) is 0. The van der Waals surface area contributed by atoms with Crippen LogP contribution in [0.2, 0.25) is 0 Å². The Kier molecular flexibility index (Phi) is 6.24. The summed E-state index contributed by atoms with van der Waals surface area (Å²) < 4.78 is 53.0. The number of sulfone groups is 1. The first-order valence-electron chi connectivity index (χ1n) is 9.57. The van der Waals surface area contributed by atoms with Crippen LogP contribution >= 0.6 is 11.3 Å². The van der Waals surface area contributed by atoms with Crippen LogP contribution in [0.1, 0.15) is 12.1 Å². The molecule has 0 aliphatic heterocycles. The van der Waals surface area contributed by atoms with Crippen molar-refractivity contribution in [3.8, 4) is 0 Å². The number of amides is 1. The van der Waals surface area contributed by atoms with Crippen LogP contribution in [0.3, 0.4) is 0 Å². The lowest BCUT2D eigenvalue weighted by Crippen LogP contribution is -2.32. The van der Waals surface area contributed by atoms with Gasteiger partial charge in [-0.1, -0.05) is 23.5 Å². The summed E-state index contributed by atoms with van der Waals surface area (Å²) in [6.45, 7) is 0.0533. The van der Waals surface area contributed by atoms with Crippen molar-refractivity contribution >= 4 is 42.4 Å². The lowest BCUT2D eigenvalue weighted by atomic mass is 10.3. The minimum absolute atomic E-state index is 0.0533. The van der Waals surface area contributed by atoms with Crippen LogP contribution in [0, 0.1) is 11.6 Å². The second-order valence-electron chi connectivity index (χ2n) is 6.91. The van der Waals surface area contributed by atoms with Crippen molar-refractivity contribution in [3.05, 3.63) is 84.2 Å². The third-order valence-corrected chi connectivity index (χ3v) is 7.47. The van der Waals surface area contributed by atoms with E-state index in [0.29, 0.717) is 10.4 Å². The van der Waals surface area contributed by atoms with Crippen LogP contribution in [0.15, 0.2) is 71.8 Å². The lowest BCUT2D eigenvalue weighted by molar-refractivity contribution is -0.118. The Hall–Kier alpha value is -3.24. The van der Waals surface area contributed by atoms with E-state index >= 15 is 0 Å². The number of hydrogen-bond acceptors (Lipinski definition) is 6. The molecule has 2 aromatic carbocycles. The van der Waals surface area contributed by atoms with E-state index in [4.69, 9.17) is 0 Å². The summed E-state index contributed by atoms with van der Waals surface area (Å²) in [7, 11) is -3.80. The quantitative estimate of drug-likeness (QED) is 0.373. The van der Waals surface area contributed by atoms with E-state index in [1.54, 1.807) is 36.5 Å². The zero-order chi connectivity index (χ0) is 22.7. The minimum Gasteiger partial charge on any atom is -0.282 e. The fourth-order valence-corrected chi connectivity index (χ4v) is 5.28. The molecule has 0 spiro atoms. The average molecular weight is 474 g/mol. The third kappa shape index (κ3) is 4.81. The summed E-state index contributed by atoms with van der Waals surface area (Å²) in [6.07, 6.45) is 1.25. The normalized spacial score (nSPS) is 11.6. The second-order valence-corrected chi connectivity index (χ2v) is 10.0. The van der Waals surface area contributed by atoms with Crippen molar-refractivity contribution in [1.29, 1.82) is 0 Å². The Morgan fingerprint density at radius 3 is 2.47 bits per heavy atom. The molecule has 0 saturated heterocycles. The Morgan fingerprint density at radius 1 is 1.00 bits per heavy atom. The Morgan fingerprint density at radius 2 is 1.78 bits per heavy atom. The van der Waals surface area contributed by atoms with E-state index in [9.17, 15) is 22.0 Å². The molecule has 4 rings (SSSR count). The summed E-state index contributed by atoms with van der Waals surface area (Å²) in [6, 6.07) is 14.2. The highest BCUT2D eigenvalue weighted by molar-refractivity contribution is 7.91. The lowest BCUT2D eigenvalue weighted by Gasteiger charge is -2.19. The summed E-state index contributed by atoms with van der Waals surface area (Å²) in [5, 5.41) is 0.250. The number of fused-ring (bicyclic) bond motifs is 1. The molecule has 32 heavy (non-hydrogen) atoms. The number of anilines is 1. The van der Waals surface area contributed by atoms with Crippen LogP contribution in [-0.2, 0) is 21.2 Å². The van der Waals surface area contributed by atoms with Gasteiger partial charge in [0.15, 0.2) is 15.0 Å². The van der Waals surface area contributed by atoms with Crippen molar-refractivity contribution in [1.82, 2.24) is 9.97 Å². The number of rotatable bonds is 7. The summed E-state index contributed by atoms with van der Waals surface area (Å²) in [4.78, 5) is 22.8. The highest BCUT2D eigenvalue weighted by Crippen LogP contribution is 2.31. The molecule has 0 fully saturated rings. The van der Waals surface area contributed by atoms with Crippen molar-refractivity contribution < 1.29 is 22.0 Å². The molecule has 0 saturated carbocycles. The van der Waals surface area contributed by atoms with Gasteiger partial charge < -0.3 is 0 Å². The van der Waals surface area contributed by atoms with E-state index in [1.807, 2.05) is 0 Å². The molecule has 0 aliphatic rings. The van der Waals surface area contributed by atoms with Crippen LogP contribution in [0.5, 0.6) is 0 Å². The van der Waals surface area contributed by atoms with Gasteiger partial charge in [-0.05, 0) is 48.5 Å². The number of thiazole rings is 1. The van der Waals surface area contributed by atoms with Crippen molar-refractivity contribution in [2.24, 2.45) is 0 Å². The molecule has 4 aromatic rings. The number of carbonyl (C=O) groups is 1. The number of para-hydroxylation sites is 1. The first-order valence-corrected chi connectivity index (χ1v) is 12.0. The molecule has 0 unspecified atom stereocenters. The number of pyridine rings is 1. The molecule has 6 nitrogen and oxygen atoms in total. The van der Waals surface area contributed by atoms with Gasteiger partial charge in [-0.3, -0.25) is 14.7 Å². The molecule has 0 atom stereocenters. The Bertz CT molecular complexity index is 1360. The molecule has 164 valence electrons. The van der Waals surface area contributed by atoms with E-state index in [1.165, 1.54) is 11.0 Å². The van der Waals surface area contributed by atoms with Crippen LogP contribution in [0.25, 0.3) is 10.2 Å². The predicted molar refractivity (Wildman–Crippen MR) is 118 cm³/mol. The molecular weight excluding hydrogens is 456 g/mol. The van der Waals surface area contributed by atoms with E-state index in [0.717, 1.165) is 35.6 Å². The molecular formula is C22H17F2N3O3S2. The van der Waals surface area contributed by atoms with Gasteiger partial charge in [0, 0.05) is 12.6 Å². The maximum atomic E-state index is 14.1. The van der Waals surface area contributed by atoms with Gasteiger partial charge in [0.1, 0.15) is 17.2 Å². The van der Waals surface area contributed by atoms with Gasteiger partial charge in [-0.15, -0.1) is 0 Å². The first-order chi connectivity index (χ1) is 15.3. The van der Waals surface area contributed by atoms with Gasteiger partial charge >= 0.3 is 0 Å². The molecule has 1 amide bonds. The second kappa shape index (κ2) is 9.09. The largest absolute Gasteiger partial charge is 0.282 e. The van der Waals surface area contributed by atoms with Crippen molar-refractivity contribution in [2.45, 2.75) is 17.9 Å². The van der Waals surface area contributed by atoms with E-state index < -0.39 is 33.1 Å². The highest BCUT2D eigenvalue weighted by atomic mass is 32.2. The Balaban J connectivity index is 1.61. The molecule has 0 N–H and O–H groups in total. The number of carbonyl (C=O) groups excluding carboxylic acids is 1. The van der Waals surface area contributed by atoms with Crippen LogP contribution in [-0.4, -0.2) is 30.0 Å². The number of benzene rings is 2. The van der Waals surface area contributed by atoms with E-state index in [-0.39, 0.29) is 28.5 Å². The van der Waals surface area contributed by atoms with Crippen molar-refractivity contribution in [2.75, 3.05) is 10.7 Å². The summed E-state index contributed by atoms with van der Waals surface area (Å²) >= 11 is 1.13. The van der Waals surface area contributed by atoms with Gasteiger partial charge in [-0.25, -0.2) is 22.2 Å².